The van der Waals surface area contributed by atoms with Gasteiger partial charge in [0.05, 0.1) is 5.69 Å². The van der Waals surface area contributed by atoms with Gasteiger partial charge in [-0.25, -0.2) is 0 Å². The van der Waals surface area contributed by atoms with Crippen LogP contribution in [0.4, 0.5) is 5.82 Å². The van der Waals surface area contributed by atoms with Crippen LogP contribution in [0.3, 0.4) is 0 Å². The van der Waals surface area contributed by atoms with Crippen LogP contribution in [0.25, 0.3) is 0 Å². The summed E-state index contributed by atoms with van der Waals surface area (Å²) in [7, 11) is 1.91. The summed E-state index contributed by atoms with van der Waals surface area (Å²) in [5, 5.41) is 17.2. The van der Waals surface area contributed by atoms with Crippen molar-refractivity contribution in [2.24, 2.45) is 7.05 Å². The maximum absolute atomic E-state index is 9.27. The van der Waals surface area contributed by atoms with Gasteiger partial charge in [-0.1, -0.05) is 6.42 Å². The lowest BCUT2D eigenvalue weighted by Crippen LogP contribution is -2.42. The van der Waals surface area contributed by atoms with Crippen molar-refractivity contribution in [3.05, 3.63) is 11.3 Å². The Kier molecular flexibility index (Phi) is 3.19. The van der Waals surface area contributed by atoms with Crippen LogP contribution >= 0.6 is 0 Å². The molecule has 2 aliphatic heterocycles. The van der Waals surface area contributed by atoms with Gasteiger partial charge in [0.15, 0.2) is 0 Å². The van der Waals surface area contributed by atoms with E-state index in [9.17, 15) is 5.26 Å². The topological polar surface area (TPSA) is 56.9 Å². The number of hydrogen-bond donors (Lipinski definition) is 1. The van der Waals surface area contributed by atoms with Crippen molar-refractivity contribution >= 4 is 5.82 Å². The van der Waals surface area contributed by atoms with Crippen LogP contribution in [0.5, 0.6) is 0 Å². The first-order valence-corrected chi connectivity index (χ1v) is 7.15. The molecule has 2 unspecified atom stereocenters. The molecule has 5 nitrogen and oxygen atoms in total. The molecule has 2 saturated heterocycles. The summed E-state index contributed by atoms with van der Waals surface area (Å²) in [4.78, 5) is 2.59. The second-order valence-electron chi connectivity index (χ2n) is 5.68. The Morgan fingerprint density at radius 3 is 2.95 bits per heavy atom. The van der Waals surface area contributed by atoms with E-state index in [1.807, 2.05) is 14.0 Å². The molecule has 0 amide bonds. The Balaban J connectivity index is 1.80. The lowest BCUT2D eigenvalue weighted by atomic mass is 9.99. The molecule has 3 heterocycles. The van der Waals surface area contributed by atoms with Crippen molar-refractivity contribution in [3.63, 3.8) is 0 Å². The number of anilines is 1. The summed E-state index contributed by atoms with van der Waals surface area (Å²) in [6.45, 7) is 4.31. The van der Waals surface area contributed by atoms with Crippen molar-refractivity contribution in [3.8, 4) is 6.07 Å². The molecule has 1 aromatic rings. The Hall–Kier alpha value is -1.54. The van der Waals surface area contributed by atoms with Crippen LogP contribution in [0.15, 0.2) is 0 Å². The van der Waals surface area contributed by atoms with E-state index in [0.717, 1.165) is 11.5 Å². The van der Waals surface area contributed by atoms with Crippen LogP contribution in [-0.2, 0) is 7.05 Å². The quantitative estimate of drug-likeness (QED) is 0.877. The summed E-state index contributed by atoms with van der Waals surface area (Å²) in [6.07, 6.45) is 5.10. The fraction of sp³-hybridized carbons (Fsp3) is 0.714. The number of piperidine rings is 1. The standard InChI is InChI=1S/C14H21N5/c1-10-11(9-15)14(18(2)17-10)16-12-6-8-19-7-4-3-5-13(12)19/h12-13,16H,3-8H2,1-2H3. The van der Waals surface area contributed by atoms with Crippen LogP contribution < -0.4 is 5.32 Å². The second-order valence-corrected chi connectivity index (χ2v) is 5.68. The number of aromatic nitrogens is 2. The molecule has 1 N–H and O–H groups in total. The number of nitrogens with one attached hydrogen (secondary N) is 1. The maximum Gasteiger partial charge on any atom is 0.142 e. The molecule has 2 atom stereocenters. The lowest BCUT2D eigenvalue weighted by Gasteiger charge is -2.32. The molecule has 2 fully saturated rings. The fourth-order valence-electron chi connectivity index (χ4n) is 3.55. The number of aryl methyl sites for hydroxylation is 2. The molecule has 0 spiro atoms. The number of hydrogen-bond acceptors (Lipinski definition) is 4. The first-order valence-electron chi connectivity index (χ1n) is 7.15. The van der Waals surface area contributed by atoms with Gasteiger partial charge in [-0.3, -0.25) is 9.58 Å². The van der Waals surface area contributed by atoms with Crippen molar-refractivity contribution in [2.45, 2.75) is 44.7 Å². The molecular formula is C14H21N5. The van der Waals surface area contributed by atoms with Crippen molar-refractivity contribution < 1.29 is 0 Å². The predicted octanol–water partition coefficient (Wildman–Crippen LogP) is 1.64. The third kappa shape index (κ3) is 2.10. The maximum atomic E-state index is 9.27. The molecule has 1 aromatic heterocycles. The Morgan fingerprint density at radius 1 is 1.32 bits per heavy atom. The first kappa shape index (κ1) is 12.5. The zero-order chi connectivity index (χ0) is 13.4. The Labute approximate surface area is 114 Å². The smallest absolute Gasteiger partial charge is 0.142 e. The lowest BCUT2D eigenvalue weighted by molar-refractivity contribution is 0.192. The van der Waals surface area contributed by atoms with E-state index in [1.54, 1.807) is 4.68 Å². The average Bonchev–Trinajstić information content (AvgIpc) is 2.93. The van der Waals surface area contributed by atoms with E-state index < -0.39 is 0 Å². The molecule has 2 aliphatic rings. The average molecular weight is 259 g/mol. The zero-order valence-corrected chi connectivity index (χ0v) is 11.7. The van der Waals surface area contributed by atoms with Gasteiger partial charge in [-0.15, -0.1) is 0 Å². The van der Waals surface area contributed by atoms with E-state index >= 15 is 0 Å². The van der Waals surface area contributed by atoms with E-state index in [-0.39, 0.29) is 0 Å². The monoisotopic (exact) mass is 259 g/mol. The van der Waals surface area contributed by atoms with E-state index in [4.69, 9.17) is 0 Å². The van der Waals surface area contributed by atoms with E-state index in [0.29, 0.717) is 17.6 Å². The summed E-state index contributed by atoms with van der Waals surface area (Å²) < 4.78 is 1.80. The number of fused-ring (bicyclic) bond motifs is 1. The first-order chi connectivity index (χ1) is 9.20. The van der Waals surface area contributed by atoms with E-state index in [1.165, 1.54) is 38.8 Å². The fourth-order valence-corrected chi connectivity index (χ4v) is 3.55. The van der Waals surface area contributed by atoms with E-state index in [2.05, 4.69) is 21.4 Å². The molecule has 0 radical (unpaired) electrons. The van der Waals surface area contributed by atoms with Crippen molar-refractivity contribution in [1.82, 2.24) is 14.7 Å². The van der Waals surface area contributed by atoms with Gasteiger partial charge in [0.1, 0.15) is 17.5 Å². The van der Waals surface area contributed by atoms with Crippen molar-refractivity contribution in [2.75, 3.05) is 18.4 Å². The largest absolute Gasteiger partial charge is 0.365 e. The Bertz CT molecular complexity index is 513. The third-order valence-electron chi connectivity index (χ3n) is 4.51. The number of rotatable bonds is 2. The zero-order valence-electron chi connectivity index (χ0n) is 11.7. The molecule has 5 heteroatoms. The van der Waals surface area contributed by atoms with Gasteiger partial charge in [0.2, 0.25) is 0 Å². The van der Waals surface area contributed by atoms with Crippen LogP contribution in [0.1, 0.15) is 36.9 Å². The molecule has 0 saturated carbocycles. The van der Waals surface area contributed by atoms with Gasteiger partial charge in [0, 0.05) is 25.7 Å². The van der Waals surface area contributed by atoms with Gasteiger partial charge in [0.25, 0.3) is 0 Å². The SMILES string of the molecule is Cc1nn(C)c(NC2CCN3CCCCC23)c1C#N. The van der Waals surface area contributed by atoms with Crippen LogP contribution in [0, 0.1) is 18.3 Å². The normalized spacial score (nSPS) is 27.0. The highest BCUT2D eigenvalue weighted by atomic mass is 15.3. The number of nitrogens with zero attached hydrogens (tertiary/aromatic N) is 4. The van der Waals surface area contributed by atoms with Crippen LogP contribution in [0.2, 0.25) is 0 Å². The molecule has 102 valence electrons. The summed E-state index contributed by atoms with van der Waals surface area (Å²) >= 11 is 0. The molecule has 19 heavy (non-hydrogen) atoms. The van der Waals surface area contributed by atoms with Gasteiger partial charge >= 0.3 is 0 Å². The minimum atomic E-state index is 0.460. The highest BCUT2D eigenvalue weighted by Gasteiger charge is 2.36. The van der Waals surface area contributed by atoms with Crippen LogP contribution in [-0.4, -0.2) is 39.9 Å². The Morgan fingerprint density at radius 2 is 2.16 bits per heavy atom. The minimum absolute atomic E-state index is 0.460. The number of nitriles is 1. The highest BCUT2D eigenvalue weighted by molar-refractivity contribution is 5.55. The molecule has 3 rings (SSSR count). The highest BCUT2D eigenvalue weighted by Crippen LogP contribution is 2.30. The second kappa shape index (κ2) is 4.86. The summed E-state index contributed by atoms with van der Waals surface area (Å²) in [6, 6.07) is 3.37. The minimum Gasteiger partial charge on any atom is -0.365 e. The van der Waals surface area contributed by atoms with Gasteiger partial charge in [-0.2, -0.15) is 10.4 Å². The molecule has 0 aliphatic carbocycles. The van der Waals surface area contributed by atoms with Gasteiger partial charge < -0.3 is 5.32 Å². The third-order valence-corrected chi connectivity index (χ3v) is 4.51. The van der Waals surface area contributed by atoms with Gasteiger partial charge in [-0.05, 0) is 32.7 Å². The predicted molar refractivity (Wildman–Crippen MR) is 73.9 cm³/mol. The molecular weight excluding hydrogens is 238 g/mol. The molecule has 0 bridgehead atoms. The summed E-state index contributed by atoms with van der Waals surface area (Å²) in [5.74, 6) is 0.887. The summed E-state index contributed by atoms with van der Waals surface area (Å²) in [5.41, 5.74) is 1.50. The molecule has 0 aromatic carbocycles. The van der Waals surface area contributed by atoms with Crippen molar-refractivity contribution in [1.29, 1.82) is 5.26 Å².